The van der Waals surface area contributed by atoms with E-state index < -0.39 is 17.2 Å². The van der Waals surface area contributed by atoms with Crippen molar-refractivity contribution in [2.24, 2.45) is 0 Å². The number of amides is 1. The molecule has 2 aromatic carbocycles. The summed E-state index contributed by atoms with van der Waals surface area (Å²) >= 11 is 3.58. The number of carboxylic acid groups (broad SMARTS) is 1. The van der Waals surface area contributed by atoms with Gasteiger partial charge in [0.05, 0.1) is 16.9 Å². The van der Waals surface area contributed by atoms with Gasteiger partial charge in [-0.05, 0) is 70.4 Å². The second-order valence-electron chi connectivity index (χ2n) is 9.77. The molecule has 0 aliphatic carbocycles. The molecule has 5 rings (SSSR count). The molecule has 6 nitrogen and oxygen atoms in total. The molecule has 0 fully saturated rings. The van der Waals surface area contributed by atoms with E-state index in [9.17, 15) is 14.7 Å². The maximum absolute atomic E-state index is 14.5. The number of carbonyl (C=O) groups is 2. The molecule has 3 aromatic rings. The van der Waals surface area contributed by atoms with Crippen molar-refractivity contribution in [2.45, 2.75) is 57.7 Å². The third kappa shape index (κ3) is 2.74. The molecular formula is C25H26BrN3O3. The highest BCUT2D eigenvalue weighted by Crippen LogP contribution is 2.51. The Bertz CT molecular complexity index is 1290. The Kier molecular flexibility index (Phi) is 4.59. The molecular weight excluding hydrogens is 470 g/mol. The molecule has 0 bridgehead atoms. The Morgan fingerprint density at radius 1 is 1.22 bits per heavy atom. The van der Waals surface area contributed by atoms with E-state index in [0.717, 1.165) is 33.1 Å². The van der Waals surface area contributed by atoms with Gasteiger partial charge in [-0.2, -0.15) is 0 Å². The lowest BCUT2D eigenvalue weighted by Gasteiger charge is -2.36. The summed E-state index contributed by atoms with van der Waals surface area (Å²) < 4.78 is 2.17. The standard InChI is InChI=1S/C25H26BrN3O3/c1-14-9-11-17-16-7-5-6-8-19(16)28(23(31)32)21(17)25(27-14)18-13-15(26)10-12-20(18)29(22(25)30)24(2,3)4/h5-8,10,12-14,27H,9,11H2,1-4H3,(H,31,32). The van der Waals surface area contributed by atoms with Crippen molar-refractivity contribution < 1.29 is 14.7 Å². The van der Waals surface area contributed by atoms with Gasteiger partial charge in [-0.1, -0.05) is 34.1 Å². The number of carbonyl (C=O) groups excluding carboxylic acids is 1. The molecule has 2 atom stereocenters. The minimum atomic E-state index is -1.30. The van der Waals surface area contributed by atoms with Gasteiger partial charge in [0.15, 0.2) is 5.54 Å². The van der Waals surface area contributed by atoms with E-state index in [2.05, 4.69) is 28.2 Å². The fraction of sp³-hybridized carbons (Fsp3) is 0.360. The molecule has 2 N–H and O–H groups in total. The van der Waals surface area contributed by atoms with E-state index in [1.165, 1.54) is 4.57 Å². The second-order valence-corrected chi connectivity index (χ2v) is 10.7. The van der Waals surface area contributed by atoms with Crippen molar-refractivity contribution in [3.05, 3.63) is 63.8 Å². The molecule has 1 amide bonds. The Morgan fingerprint density at radius 3 is 2.62 bits per heavy atom. The first kappa shape index (κ1) is 21.2. The summed E-state index contributed by atoms with van der Waals surface area (Å²) in [5.74, 6) is -0.140. The van der Waals surface area contributed by atoms with Crippen molar-refractivity contribution in [1.29, 1.82) is 0 Å². The molecule has 32 heavy (non-hydrogen) atoms. The van der Waals surface area contributed by atoms with Crippen LogP contribution in [-0.4, -0.2) is 33.3 Å². The first-order valence-electron chi connectivity index (χ1n) is 10.9. The first-order valence-corrected chi connectivity index (χ1v) is 11.6. The first-order chi connectivity index (χ1) is 15.1. The zero-order valence-electron chi connectivity index (χ0n) is 18.6. The highest BCUT2D eigenvalue weighted by atomic mass is 79.9. The fourth-order valence-electron chi connectivity index (χ4n) is 5.45. The van der Waals surface area contributed by atoms with Crippen LogP contribution in [-0.2, 0) is 16.8 Å². The van der Waals surface area contributed by atoms with E-state index in [1.807, 2.05) is 68.1 Å². The average Bonchev–Trinajstić information content (AvgIpc) is 3.10. The van der Waals surface area contributed by atoms with Crippen LogP contribution in [0.3, 0.4) is 0 Å². The van der Waals surface area contributed by atoms with Crippen LogP contribution >= 0.6 is 15.9 Å². The van der Waals surface area contributed by atoms with E-state index in [4.69, 9.17) is 0 Å². The number of anilines is 1. The number of benzene rings is 2. The topological polar surface area (TPSA) is 74.6 Å². The molecule has 0 saturated carbocycles. The third-order valence-electron chi connectivity index (χ3n) is 6.61. The number of halogens is 1. The lowest BCUT2D eigenvalue weighted by atomic mass is 9.85. The predicted molar refractivity (Wildman–Crippen MR) is 128 cm³/mol. The average molecular weight is 496 g/mol. The number of hydrogen-bond donors (Lipinski definition) is 2. The van der Waals surface area contributed by atoms with Crippen molar-refractivity contribution >= 4 is 44.5 Å². The van der Waals surface area contributed by atoms with Crippen molar-refractivity contribution in [2.75, 3.05) is 4.90 Å². The molecule has 0 saturated heterocycles. The Labute approximate surface area is 195 Å². The summed E-state index contributed by atoms with van der Waals surface area (Å²) in [5, 5.41) is 14.8. The van der Waals surface area contributed by atoms with Crippen LogP contribution in [0.15, 0.2) is 46.9 Å². The van der Waals surface area contributed by atoms with Gasteiger partial charge in [-0.3, -0.25) is 10.1 Å². The van der Waals surface area contributed by atoms with Crippen LogP contribution in [0.4, 0.5) is 10.5 Å². The molecule has 3 heterocycles. The lowest BCUT2D eigenvalue weighted by molar-refractivity contribution is -0.124. The smallest absolute Gasteiger partial charge is 0.416 e. The van der Waals surface area contributed by atoms with Crippen LogP contribution in [0.25, 0.3) is 10.9 Å². The zero-order chi connectivity index (χ0) is 23.0. The van der Waals surface area contributed by atoms with Gasteiger partial charge in [-0.25, -0.2) is 9.36 Å². The summed E-state index contributed by atoms with van der Waals surface area (Å²) in [4.78, 5) is 28.9. The van der Waals surface area contributed by atoms with Gasteiger partial charge in [0, 0.05) is 27.0 Å². The number of para-hydroxylation sites is 1. The van der Waals surface area contributed by atoms with Crippen molar-refractivity contribution in [3.8, 4) is 0 Å². The highest BCUT2D eigenvalue weighted by molar-refractivity contribution is 9.10. The number of nitrogens with one attached hydrogen (secondary N) is 1. The quantitative estimate of drug-likeness (QED) is 0.446. The molecule has 2 aliphatic heterocycles. The van der Waals surface area contributed by atoms with Gasteiger partial charge < -0.3 is 10.0 Å². The molecule has 2 aliphatic rings. The Hall–Kier alpha value is -2.64. The van der Waals surface area contributed by atoms with E-state index >= 15 is 0 Å². The number of nitrogens with zero attached hydrogens (tertiary/aromatic N) is 2. The number of fused-ring (bicyclic) bond motifs is 6. The van der Waals surface area contributed by atoms with Gasteiger partial charge in [0.25, 0.3) is 5.91 Å². The van der Waals surface area contributed by atoms with E-state index in [0.29, 0.717) is 17.6 Å². The number of hydrogen-bond acceptors (Lipinski definition) is 3. The predicted octanol–water partition coefficient (Wildman–Crippen LogP) is 5.24. The highest BCUT2D eigenvalue weighted by Gasteiger charge is 2.58. The van der Waals surface area contributed by atoms with Gasteiger partial charge >= 0.3 is 6.09 Å². The normalized spacial score (nSPS) is 22.8. The molecule has 1 aromatic heterocycles. The minimum absolute atomic E-state index is 0.0131. The summed E-state index contributed by atoms with van der Waals surface area (Å²) in [7, 11) is 0. The van der Waals surface area contributed by atoms with Crippen molar-refractivity contribution in [1.82, 2.24) is 9.88 Å². The number of aromatic nitrogens is 1. The van der Waals surface area contributed by atoms with Gasteiger partial charge in [-0.15, -0.1) is 0 Å². The van der Waals surface area contributed by atoms with E-state index in [-0.39, 0.29) is 11.9 Å². The van der Waals surface area contributed by atoms with E-state index in [1.54, 1.807) is 0 Å². The summed E-state index contributed by atoms with van der Waals surface area (Å²) in [6.45, 7) is 8.07. The summed E-state index contributed by atoms with van der Waals surface area (Å²) in [6, 6.07) is 13.4. The summed E-state index contributed by atoms with van der Waals surface area (Å²) in [5.41, 5.74) is 1.86. The van der Waals surface area contributed by atoms with Crippen LogP contribution in [0.2, 0.25) is 0 Å². The van der Waals surface area contributed by atoms with Crippen LogP contribution in [0.1, 0.15) is 50.9 Å². The van der Waals surface area contributed by atoms with Crippen LogP contribution < -0.4 is 10.2 Å². The second kappa shape index (κ2) is 6.93. The third-order valence-corrected chi connectivity index (χ3v) is 7.11. The number of rotatable bonds is 0. The molecule has 166 valence electrons. The SMILES string of the molecule is CC1CCc2c(n(C(=O)O)c3ccccc23)C2(N1)C(=O)N(C(C)(C)C)c1ccc(Br)cc12. The molecule has 1 spiro atoms. The molecule has 0 radical (unpaired) electrons. The van der Waals surface area contributed by atoms with Gasteiger partial charge in [0.1, 0.15) is 0 Å². The Morgan fingerprint density at radius 2 is 1.94 bits per heavy atom. The largest absolute Gasteiger partial charge is 0.464 e. The van der Waals surface area contributed by atoms with Crippen LogP contribution in [0, 0.1) is 0 Å². The lowest BCUT2D eigenvalue weighted by Crippen LogP contribution is -2.58. The molecule has 2 unspecified atom stereocenters. The number of aryl methyl sites for hydroxylation is 1. The molecule has 7 heteroatoms. The minimum Gasteiger partial charge on any atom is -0.464 e. The summed E-state index contributed by atoms with van der Waals surface area (Å²) in [6.07, 6.45) is 0.406. The maximum atomic E-state index is 14.5. The Balaban J connectivity index is 1.97. The fourth-order valence-corrected chi connectivity index (χ4v) is 5.81. The van der Waals surface area contributed by atoms with Gasteiger partial charge in [0.2, 0.25) is 0 Å². The van der Waals surface area contributed by atoms with Crippen LogP contribution in [0.5, 0.6) is 0 Å². The van der Waals surface area contributed by atoms with Crippen molar-refractivity contribution in [3.63, 3.8) is 0 Å². The zero-order valence-corrected chi connectivity index (χ0v) is 20.2. The monoisotopic (exact) mass is 495 g/mol. The maximum Gasteiger partial charge on any atom is 0.416 e.